The van der Waals surface area contributed by atoms with Gasteiger partial charge >= 0.3 is 5.63 Å². The first-order valence-electron chi connectivity index (χ1n) is 6.56. The molecule has 0 saturated heterocycles. The van der Waals surface area contributed by atoms with Gasteiger partial charge in [-0.3, -0.25) is 9.97 Å². The molecule has 0 radical (unpaired) electrons. The quantitative estimate of drug-likeness (QED) is 0.394. The van der Waals surface area contributed by atoms with Gasteiger partial charge in [-0.15, -0.1) is 0 Å². The fourth-order valence-corrected chi connectivity index (χ4v) is 2.41. The summed E-state index contributed by atoms with van der Waals surface area (Å²) < 4.78 is 5.35. The maximum atomic E-state index is 12.1. The molecule has 3 aromatic heterocycles. The van der Waals surface area contributed by atoms with E-state index in [0.29, 0.717) is 16.5 Å². The van der Waals surface area contributed by atoms with E-state index in [4.69, 9.17) is 4.42 Å². The normalized spacial score (nSPS) is 11.0. The number of para-hydroxylation sites is 1. The first-order chi connectivity index (χ1) is 10.3. The van der Waals surface area contributed by atoms with Crippen molar-refractivity contribution < 1.29 is 4.42 Å². The standard InChI is InChI=1S/C17H10N2O2/c20-17-13-9-11(14-6-3-4-8-18-14)10-19-16(13)12-5-1-2-7-15(12)21-17/h1-10H. The van der Waals surface area contributed by atoms with Crippen molar-refractivity contribution in [2.75, 3.05) is 0 Å². The summed E-state index contributed by atoms with van der Waals surface area (Å²) in [5, 5.41) is 1.30. The van der Waals surface area contributed by atoms with E-state index < -0.39 is 0 Å². The summed E-state index contributed by atoms with van der Waals surface area (Å²) >= 11 is 0. The number of hydrogen-bond acceptors (Lipinski definition) is 4. The Balaban J connectivity index is 2.07. The minimum Gasteiger partial charge on any atom is -0.422 e. The van der Waals surface area contributed by atoms with Crippen LogP contribution in [0, 0.1) is 0 Å². The second-order valence-electron chi connectivity index (χ2n) is 4.72. The Morgan fingerprint density at radius 2 is 1.76 bits per heavy atom. The lowest BCUT2D eigenvalue weighted by molar-refractivity contribution is 0.569. The first-order valence-corrected chi connectivity index (χ1v) is 6.56. The predicted octanol–water partition coefficient (Wildman–Crippen LogP) is 3.40. The van der Waals surface area contributed by atoms with Gasteiger partial charge in [0.1, 0.15) is 5.58 Å². The van der Waals surface area contributed by atoms with E-state index in [1.807, 2.05) is 36.4 Å². The van der Waals surface area contributed by atoms with Crippen molar-refractivity contribution in [3.05, 3.63) is 71.3 Å². The molecule has 0 fully saturated rings. The molecular formula is C17H10N2O2. The lowest BCUT2D eigenvalue weighted by Crippen LogP contribution is -2.01. The molecule has 100 valence electrons. The predicted molar refractivity (Wildman–Crippen MR) is 81.0 cm³/mol. The topological polar surface area (TPSA) is 56.0 Å². The number of rotatable bonds is 1. The lowest BCUT2D eigenvalue weighted by atomic mass is 10.1. The monoisotopic (exact) mass is 274 g/mol. The third-order valence-electron chi connectivity index (χ3n) is 3.41. The highest BCUT2D eigenvalue weighted by Crippen LogP contribution is 2.24. The van der Waals surface area contributed by atoms with Crippen LogP contribution in [-0.4, -0.2) is 9.97 Å². The molecule has 3 heterocycles. The lowest BCUT2D eigenvalue weighted by Gasteiger charge is -2.04. The molecule has 4 rings (SSSR count). The van der Waals surface area contributed by atoms with Gasteiger partial charge in [0.05, 0.1) is 16.6 Å². The van der Waals surface area contributed by atoms with Crippen LogP contribution in [-0.2, 0) is 0 Å². The molecule has 1 aromatic carbocycles. The Morgan fingerprint density at radius 1 is 0.905 bits per heavy atom. The molecule has 0 amide bonds. The summed E-state index contributed by atoms with van der Waals surface area (Å²) in [6, 6.07) is 14.8. The molecule has 0 bridgehead atoms. The molecule has 4 nitrogen and oxygen atoms in total. The fraction of sp³-hybridized carbons (Fsp3) is 0. The average Bonchev–Trinajstić information content (AvgIpc) is 2.55. The van der Waals surface area contributed by atoms with Gasteiger partial charge in [0.2, 0.25) is 0 Å². The van der Waals surface area contributed by atoms with E-state index in [1.165, 1.54) is 0 Å². The Kier molecular flexibility index (Phi) is 2.54. The van der Waals surface area contributed by atoms with Gasteiger partial charge in [-0.2, -0.15) is 0 Å². The molecule has 0 saturated carbocycles. The zero-order valence-electron chi connectivity index (χ0n) is 11.0. The molecule has 0 atom stereocenters. The molecule has 0 aliphatic rings. The SMILES string of the molecule is O=c1oc2ccccc2c2ncc(-c3ccccn3)cc12. The van der Waals surface area contributed by atoms with E-state index >= 15 is 0 Å². The average molecular weight is 274 g/mol. The Labute approximate surface area is 119 Å². The minimum absolute atomic E-state index is 0.381. The van der Waals surface area contributed by atoms with Crippen LogP contribution in [0.5, 0.6) is 0 Å². The van der Waals surface area contributed by atoms with Gasteiger partial charge in [-0.1, -0.05) is 18.2 Å². The first kappa shape index (κ1) is 11.8. The van der Waals surface area contributed by atoms with Gasteiger partial charge in [0.15, 0.2) is 0 Å². The second kappa shape index (κ2) is 4.52. The third-order valence-corrected chi connectivity index (χ3v) is 3.41. The van der Waals surface area contributed by atoms with Crippen LogP contribution in [0.2, 0.25) is 0 Å². The third kappa shape index (κ3) is 1.89. The molecule has 4 heteroatoms. The van der Waals surface area contributed by atoms with Crippen LogP contribution in [0.1, 0.15) is 0 Å². The van der Waals surface area contributed by atoms with Crippen molar-refractivity contribution in [2.24, 2.45) is 0 Å². The summed E-state index contributed by atoms with van der Waals surface area (Å²) in [7, 11) is 0. The van der Waals surface area contributed by atoms with Crippen molar-refractivity contribution in [2.45, 2.75) is 0 Å². The molecule has 4 aromatic rings. The maximum absolute atomic E-state index is 12.1. The highest BCUT2D eigenvalue weighted by Gasteiger charge is 2.10. The summed E-state index contributed by atoms with van der Waals surface area (Å²) in [5.41, 5.74) is 2.40. The summed E-state index contributed by atoms with van der Waals surface area (Å²) in [4.78, 5) is 20.9. The van der Waals surface area contributed by atoms with E-state index in [9.17, 15) is 4.79 Å². The fourth-order valence-electron chi connectivity index (χ4n) is 2.41. The molecule has 0 N–H and O–H groups in total. The van der Waals surface area contributed by atoms with Crippen LogP contribution in [0.15, 0.2) is 70.1 Å². The zero-order valence-corrected chi connectivity index (χ0v) is 11.0. The van der Waals surface area contributed by atoms with Gasteiger partial charge in [-0.25, -0.2) is 4.79 Å². The van der Waals surface area contributed by atoms with Crippen LogP contribution >= 0.6 is 0 Å². The number of aromatic nitrogens is 2. The van der Waals surface area contributed by atoms with Crippen LogP contribution in [0.25, 0.3) is 33.1 Å². The largest absolute Gasteiger partial charge is 0.422 e. The van der Waals surface area contributed by atoms with E-state index in [2.05, 4.69) is 9.97 Å². The van der Waals surface area contributed by atoms with Crippen LogP contribution in [0.4, 0.5) is 0 Å². The van der Waals surface area contributed by atoms with E-state index in [-0.39, 0.29) is 5.63 Å². The molecule has 0 spiro atoms. The van der Waals surface area contributed by atoms with Gasteiger partial charge in [0.25, 0.3) is 0 Å². The Bertz CT molecular complexity index is 1010. The van der Waals surface area contributed by atoms with E-state index in [1.54, 1.807) is 24.5 Å². The molecule has 0 aliphatic heterocycles. The number of fused-ring (bicyclic) bond motifs is 3. The van der Waals surface area contributed by atoms with Gasteiger partial charge in [0, 0.05) is 23.3 Å². The number of hydrogen-bond donors (Lipinski definition) is 0. The van der Waals surface area contributed by atoms with Crippen LogP contribution < -0.4 is 5.63 Å². The maximum Gasteiger partial charge on any atom is 0.345 e. The number of benzene rings is 1. The Hall–Kier alpha value is -3.01. The highest BCUT2D eigenvalue weighted by molar-refractivity contribution is 6.02. The van der Waals surface area contributed by atoms with Crippen molar-refractivity contribution in [1.29, 1.82) is 0 Å². The van der Waals surface area contributed by atoms with Crippen molar-refractivity contribution in [3.63, 3.8) is 0 Å². The van der Waals surface area contributed by atoms with Gasteiger partial charge < -0.3 is 4.42 Å². The molecule has 21 heavy (non-hydrogen) atoms. The van der Waals surface area contributed by atoms with Crippen molar-refractivity contribution >= 4 is 21.9 Å². The van der Waals surface area contributed by atoms with E-state index in [0.717, 1.165) is 16.6 Å². The van der Waals surface area contributed by atoms with Crippen LogP contribution in [0.3, 0.4) is 0 Å². The Morgan fingerprint density at radius 3 is 2.62 bits per heavy atom. The summed E-state index contributed by atoms with van der Waals surface area (Å²) in [6.45, 7) is 0. The zero-order chi connectivity index (χ0) is 14.2. The molecule has 0 unspecified atom stereocenters. The number of nitrogens with zero attached hydrogens (tertiary/aromatic N) is 2. The molecular weight excluding hydrogens is 264 g/mol. The minimum atomic E-state index is -0.381. The highest BCUT2D eigenvalue weighted by atomic mass is 16.4. The number of pyridine rings is 2. The smallest absolute Gasteiger partial charge is 0.345 e. The second-order valence-corrected chi connectivity index (χ2v) is 4.72. The summed E-state index contributed by atoms with van der Waals surface area (Å²) in [5.74, 6) is 0. The van der Waals surface area contributed by atoms with Gasteiger partial charge in [-0.05, 0) is 30.3 Å². The van der Waals surface area contributed by atoms with Crippen molar-refractivity contribution in [3.8, 4) is 11.3 Å². The summed E-state index contributed by atoms with van der Waals surface area (Å²) in [6.07, 6.45) is 3.44. The molecule has 0 aliphatic carbocycles. The van der Waals surface area contributed by atoms with Crippen molar-refractivity contribution in [1.82, 2.24) is 9.97 Å².